The minimum Gasteiger partial charge on any atom is -0.398 e. The standard InChI is InChI=1S/C12H10Cl2N2S2/c13-7-1-3-11(9(15)5-7)17-18-12-4-2-8(14)6-10(12)16/h1-6H,15-16H2. The Balaban J connectivity index is 2.11. The van der Waals surface area contributed by atoms with Gasteiger partial charge in [0.15, 0.2) is 0 Å². The van der Waals surface area contributed by atoms with E-state index in [1.54, 1.807) is 12.1 Å². The third-order valence-corrected chi connectivity index (χ3v) is 5.15. The summed E-state index contributed by atoms with van der Waals surface area (Å²) in [6, 6.07) is 10.9. The quantitative estimate of drug-likeness (QED) is 0.621. The summed E-state index contributed by atoms with van der Waals surface area (Å²) in [5.41, 5.74) is 13.1. The second-order valence-corrected chi connectivity index (χ2v) is 6.62. The molecule has 0 bridgehead atoms. The zero-order chi connectivity index (χ0) is 13.1. The van der Waals surface area contributed by atoms with Crippen LogP contribution in [0.25, 0.3) is 0 Å². The smallest absolute Gasteiger partial charge is 0.0476 e. The van der Waals surface area contributed by atoms with E-state index in [0.717, 1.165) is 9.79 Å². The second-order valence-electron chi connectivity index (χ2n) is 3.53. The number of hydrogen-bond acceptors (Lipinski definition) is 4. The molecule has 4 N–H and O–H groups in total. The van der Waals surface area contributed by atoms with Crippen LogP contribution < -0.4 is 11.5 Å². The predicted molar refractivity (Wildman–Crippen MR) is 83.4 cm³/mol. The first-order valence-electron chi connectivity index (χ1n) is 5.01. The van der Waals surface area contributed by atoms with Crippen LogP contribution in [-0.2, 0) is 0 Å². The van der Waals surface area contributed by atoms with Crippen molar-refractivity contribution in [3.63, 3.8) is 0 Å². The molecule has 0 aliphatic heterocycles. The van der Waals surface area contributed by atoms with E-state index in [4.69, 9.17) is 34.7 Å². The third kappa shape index (κ3) is 3.42. The number of hydrogen-bond donors (Lipinski definition) is 2. The number of nitrogens with two attached hydrogens (primary N) is 2. The van der Waals surface area contributed by atoms with Gasteiger partial charge in [-0.1, -0.05) is 44.8 Å². The fourth-order valence-electron chi connectivity index (χ4n) is 1.28. The van der Waals surface area contributed by atoms with E-state index < -0.39 is 0 Å². The monoisotopic (exact) mass is 316 g/mol. The predicted octanol–water partition coefficient (Wildman–Crippen LogP) is 4.96. The van der Waals surface area contributed by atoms with E-state index in [0.29, 0.717) is 21.4 Å². The second kappa shape index (κ2) is 5.97. The molecular weight excluding hydrogens is 307 g/mol. The number of benzene rings is 2. The van der Waals surface area contributed by atoms with Crippen LogP contribution in [0.15, 0.2) is 46.2 Å². The largest absolute Gasteiger partial charge is 0.398 e. The molecular formula is C12H10Cl2N2S2. The van der Waals surface area contributed by atoms with E-state index in [-0.39, 0.29) is 0 Å². The average molecular weight is 317 g/mol. The fourth-order valence-corrected chi connectivity index (χ4v) is 3.83. The summed E-state index contributed by atoms with van der Waals surface area (Å²) in [6.07, 6.45) is 0. The Labute approximate surface area is 123 Å². The van der Waals surface area contributed by atoms with Gasteiger partial charge in [0.2, 0.25) is 0 Å². The van der Waals surface area contributed by atoms with Gasteiger partial charge in [-0.05, 0) is 36.4 Å². The van der Waals surface area contributed by atoms with Crippen LogP contribution in [0.2, 0.25) is 10.0 Å². The van der Waals surface area contributed by atoms with Gasteiger partial charge in [0.25, 0.3) is 0 Å². The van der Waals surface area contributed by atoms with E-state index in [2.05, 4.69) is 0 Å². The van der Waals surface area contributed by atoms with Gasteiger partial charge in [0, 0.05) is 31.2 Å². The van der Waals surface area contributed by atoms with Gasteiger partial charge >= 0.3 is 0 Å². The number of halogens is 2. The van der Waals surface area contributed by atoms with Crippen LogP contribution in [0.3, 0.4) is 0 Å². The molecule has 0 heterocycles. The van der Waals surface area contributed by atoms with Crippen molar-refractivity contribution in [2.75, 3.05) is 11.5 Å². The Morgan fingerprint density at radius 1 is 0.722 bits per heavy atom. The molecule has 0 atom stereocenters. The molecule has 0 saturated carbocycles. The van der Waals surface area contributed by atoms with Gasteiger partial charge in [-0.15, -0.1) is 0 Å². The molecule has 0 aromatic heterocycles. The Hall–Kier alpha value is -0.680. The van der Waals surface area contributed by atoms with Gasteiger partial charge in [0.05, 0.1) is 0 Å². The number of anilines is 2. The average Bonchev–Trinajstić information content (AvgIpc) is 2.30. The molecule has 94 valence electrons. The molecule has 0 amide bonds. The molecule has 0 unspecified atom stereocenters. The molecule has 0 saturated heterocycles. The first-order chi connectivity index (χ1) is 8.56. The van der Waals surface area contributed by atoms with E-state index in [1.165, 1.54) is 21.6 Å². The highest BCUT2D eigenvalue weighted by molar-refractivity contribution is 8.76. The van der Waals surface area contributed by atoms with Gasteiger partial charge in [-0.2, -0.15) is 0 Å². The first kappa shape index (κ1) is 13.7. The summed E-state index contributed by atoms with van der Waals surface area (Å²) in [5, 5.41) is 1.26. The maximum atomic E-state index is 5.88. The van der Waals surface area contributed by atoms with Gasteiger partial charge in [-0.3, -0.25) is 0 Å². The van der Waals surface area contributed by atoms with Crippen LogP contribution in [-0.4, -0.2) is 0 Å². The summed E-state index contributed by atoms with van der Waals surface area (Å²) in [5.74, 6) is 0. The van der Waals surface area contributed by atoms with Crippen molar-refractivity contribution in [2.45, 2.75) is 9.79 Å². The normalized spacial score (nSPS) is 10.6. The van der Waals surface area contributed by atoms with Crippen LogP contribution in [0.1, 0.15) is 0 Å². The van der Waals surface area contributed by atoms with Crippen molar-refractivity contribution < 1.29 is 0 Å². The van der Waals surface area contributed by atoms with Gasteiger partial charge in [0.1, 0.15) is 0 Å². The van der Waals surface area contributed by atoms with Crippen molar-refractivity contribution in [1.82, 2.24) is 0 Å². The molecule has 0 radical (unpaired) electrons. The molecule has 2 aromatic carbocycles. The molecule has 2 rings (SSSR count). The summed E-state index contributed by atoms with van der Waals surface area (Å²) < 4.78 is 0. The van der Waals surface area contributed by atoms with Gasteiger partial charge in [-0.25, -0.2) is 0 Å². The summed E-state index contributed by atoms with van der Waals surface area (Å²) >= 11 is 11.7. The Morgan fingerprint density at radius 3 is 1.44 bits per heavy atom. The lowest BCUT2D eigenvalue weighted by Gasteiger charge is -2.07. The summed E-state index contributed by atoms with van der Waals surface area (Å²) in [7, 11) is 3.08. The minimum absolute atomic E-state index is 0.632. The van der Waals surface area contributed by atoms with E-state index in [1.807, 2.05) is 24.3 Å². The molecule has 2 aromatic rings. The zero-order valence-corrected chi connectivity index (χ0v) is 12.3. The van der Waals surface area contributed by atoms with Gasteiger partial charge < -0.3 is 11.5 Å². The van der Waals surface area contributed by atoms with Crippen molar-refractivity contribution in [2.24, 2.45) is 0 Å². The number of rotatable bonds is 3. The Kier molecular flexibility index (Phi) is 4.56. The number of nitrogen functional groups attached to an aromatic ring is 2. The third-order valence-electron chi connectivity index (χ3n) is 2.16. The highest BCUT2D eigenvalue weighted by Gasteiger charge is 2.05. The highest BCUT2D eigenvalue weighted by Crippen LogP contribution is 2.43. The molecule has 6 heteroatoms. The summed E-state index contributed by atoms with van der Waals surface area (Å²) in [4.78, 5) is 1.91. The molecule has 18 heavy (non-hydrogen) atoms. The van der Waals surface area contributed by atoms with Crippen LogP contribution >= 0.6 is 44.8 Å². The Morgan fingerprint density at radius 2 is 1.11 bits per heavy atom. The molecule has 0 spiro atoms. The van der Waals surface area contributed by atoms with E-state index in [9.17, 15) is 0 Å². The highest BCUT2D eigenvalue weighted by atomic mass is 35.5. The van der Waals surface area contributed by atoms with Crippen molar-refractivity contribution in [3.8, 4) is 0 Å². The topological polar surface area (TPSA) is 52.0 Å². The van der Waals surface area contributed by atoms with Crippen LogP contribution in [0, 0.1) is 0 Å². The molecule has 0 aliphatic carbocycles. The van der Waals surface area contributed by atoms with Crippen molar-refractivity contribution in [3.05, 3.63) is 46.4 Å². The Bertz CT molecular complexity index is 524. The summed E-state index contributed by atoms with van der Waals surface area (Å²) in [6.45, 7) is 0. The lowest BCUT2D eigenvalue weighted by atomic mass is 10.3. The van der Waals surface area contributed by atoms with E-state index >= 15 is 0 Å². The lowest BCUT2D eigenvalue weighted by molar-refractivity contribution is 1.46. The van der Waals surface area contributed by atoms with Crippen molar-refractivity contribution in [1.29, 1.82) is 0 Å². The molecule has 0 fully saturated rings. The van der Waals surface area contributed by atoms with Crippen molar-refractivity contribution >= 4 is 56.2 Å². The maximum absolute atomic E-state index is 5.88. The first-order valence-corrected chi connectivity index (χ1v) is 7.91. The lowest BCUT2D eigenvalue weighted by Crippen LogP contribution is -1.88. The molecule has 0 aliphatic rings. The molecule has 2 nitrogen and oxygen atoms in total. The zero-order valence-electron chi connectivity index (χ0n) is 9.19. The SMILES string of the molecule is Nc1cc(Cl)ccc1SSc1ccc(Cl)cc1N. The minimum atomic E-state index is 0.632. The maximum Gasteiger partial charge on any atom is 0.0476 e. The van der Waals surface area contributed by atoms with Crippen LogP contribution in [0.4, 0.5) is 11.4 Å². The van der Waals surface area contributed by atoms with Crippen LogP contribution in [0.5, 0.6) is 0 Å². The fraction of sp³-hybridized carbons (Fsp3) is 0.